The molecule has 1 amide bonds. The van der Waals surface area contributed by atoms with Crippen LogP contribution in [0.1, 0.15) is 56.5 Å². The minimum absolute atomic E-state index is 0.0584. The number of imidazole rings is 1. The number of aryl methyl sites for hydroxylation is 4. The van der Waals surface area contributed by atoms with Crippen LogP contribution in [0.3, 0.4) is 0 Å². The monoisotopic (exact) mass is 343 g/mol. The van der Waals surface area contributed by atoms with E-state index < -0.39 is 0 Å². The van der Waals surface area contributed by atoms with Gasteiger partial charge in [-0.15, -0.1) is 0 Å². The molecule has 0 aromatic carbocycles. The molecule has 6 heteroatoms. The van der Waals surface area contributed by atoms with Gasteiger partial charge in [0, 0.05) is 49.3 Å². The van der Waals surface area contributed by atoms with E-state index in [0.29, 0.717) is 13.0 Å². The number of aromatic nitrogens is 4. The second-order valence-electron chi connectivity index (χ2n) is 8.15. The van der Waals surface area contributed by atoms with Crippen molar-refractivity contribution < 1.29 is 4.79 Å². The first-order valence-electron chi connectivity index (χ1n) is 9.09. The molecule has 2 aromatic heterocycles. The number of carbonyl (C=O) groups is 1. The van der Waals surface area contributed by atoms with Gasteiger partial charge < -0.3 is 9.88 Å². The lowest BCUT2D eigenvalue weighted by atomic mass is 9.93. The number of nitrogens with one attached hydrogen (secondary N) is 1. The third-order valence-electron chi connectivity index (χ3n) is 4.78. The van der Waals surface area contributed by atoms with Crippen molar-refractivity contribution in [2.24, 2.45) is 0 Å². The summed E-state index contributed by atoms with van der Waals surface area (Å²) in [6, 6.07) is 2.22. The minimum atomic E-state index is 0.0584. The molecule has 0 radical (unpaired) electrons. The van der Waals surface area contributed by atoms with Crippen molar-refractivity contribution >= 4 is 5.91 Å². The van der Waals surface area contributed by atoms with Gasteiger partial charge in [-0.25, -0.2) is 4.98 Å². The maximum absolute atomic E-state index is 12.3. The van der Waals surface area contributed by atoms with E-state index in [0.717, 1.165) is 42.3 Å². The van der Waals surface area contributed by atoms with E-state index in [4.69, 9.17) is 4.98 Å². The predicted molar refractivity (Wildman–Crippen MR) is 97.5 cm³/mol. The zero-order valence-electron chi connectivity index (χ0n) is 16.0. The normalized spacial score (nSPS) is 17.4. The van der Waals surface area contributed by atoms with E-state index in [9.17, 15) is 4.79 Å². The molecule has 0 aliphatic carbocycles. The lowest BCUT2D eigenvalue weighted by molar-refractivity contribution is -0.122. The van der Waals surface area contributed by atoms with Crippen LogP contribution in [-0.4, -0.2) is 31.3 Å². The zero-order chi connectivity index (χ0) is 18.2. The highest BCUT2D eigenvalue weighted by atomic mass is 16.1. The van der Waals surface area contributed by atoms with Crippen molar-refractivity contribution in [1.82, 2.24) is 24.6 Å². The van der Waals surface area contributed by atoms with Crippen molar-refractivity contribution in [3.63, 3.8) is 0 Å². The van der Waals surface area contributed by atoms with E-state index in [-0.39, 0.29) is 17.4 Å². The van der Waals surface area contributed by atoms with Gasteiger partial charge in [0.25, 0.3) is 0 Å². The Bertz CT molecular complexity index is 765. The lowest BCUT2D eigenvalue weighted by Gasteiger charge is -2.24. The van der Waals surface area contributed by atoms with E-state index in [1.165, 1.54) is 0 Å². The Balaban J connectivity index is 1.55. The average molecular weight is 343 g/mol. The van der Waals surface area contributed by atoms with Gasteiger partial charge in [-0.3, -0.25) is 9.48 Å². The summed E-state index contributed by atoms with van der Waals surface area (Å²) in [5.74, 6) is 1.23. The van der Waals surface area contributed by atoms with Crippen molar-refractivity contribution in [2.75, 3.05) is 0 Å². The number of rotatable bonds is 4. The van der Waals surface area contributed by atoms with Crippen LogP contribution in [0.25, 0.3) is 0 Å². The summed E-state index contributed by atoms with van der Waals surface area (Å²) >= 11 is 0. The molecule has 136 valence electrons. The summed E-state index contributed by atoms with van der Waals surface area (Å²) in [6.07, 6.45) is 4.47. The Morgan fingerprint density at radius 3 is 2.76 bits per heavy atom. The van der Waals surface area contributed by atoms with Crippen molar-refractivity contribution in [3.8, 4) is 0 Å². The summed E-state index contributed by atoms with van der Waals surface area (Å²) in [4.78, 5) is 17.1. The van der Waals surface area contributed by atoms with E-state index in [1.54, 1.807) is 0 Å². The Hall–Kier alpha value is -2.11. The SMILES string of the molecule is Cc1cc(C)n(CCC(=O)N[C@H]2CCc3nc(C(C)(C)C)cn3C2)n1. The van der Waals surface area contributed by atoms with Crippen LogP contribution in [0, 0.1) is 13.8 Å². The molecule has 6 nitrogen and oxygen atoms in total. The molecule has 1 N–H and O–H groups in total. The van der Waals surface area contributed by atoms with Gasteiger partial charge in [-0.1, -0.05) is 20.8 Å². The van der Waals surface area contributed by atoms with Crippen LogP contribution < -0.4 is 5.32 Å². The molecule has 0 saturated heterocycles. The Morgan fingerprint density at radius 2 is 2.12 bits per heavy atom. The zero-order valence-corrected chi connectivity index (χ0v) is 16.0. The van der Waals surface area contributed by atoms with E-state index in [2.05, 4.69) is 42.0 Å². The van der Waals surface area contributed by atoms with Gasteiger partial charge in [-0.2, -0.15) is 5.10 Å². The molecule has 0 saturated carbocycles. The number of fused-ring (bicyclic) bond motifs is 1. The van der Waals surface area contributed by atoms with Gasteiger partial charge in [0.2, 0.25) is 5.91 Å². The van der Waals surface area contributed by atoms with Gasteiger partial charge in [0.15, 0.2) is 0 Å². The van der Waals surface area contributed by atoms with Crippen molar-refractivity contribution in [1.29, 1.82) is 0 Å². The summed E-state index contributed by atoms with van der Waals surface area (Å²) in [5.41, 5.74) is 3.27. The molecule has 0 unspecified atom stereocenters. The van der Waals surface area contributed by atoms with Crippen LogP contribution in [-0.2, 0) is 29.7 Å². The Morgan fingerprint density at radius 1 is 1.36 bits per heavy atom. The first-order chi connectivity index (χ1) is 11.7. The molecular weight excluding hydrogens is 314 g/mol. The largest absolute Gasteiger partial charge is 0.352 e. The van der Waals surface area contributed by atoms with Crippen LogP contribution in [0.2, 0.25) is 0 Å². The van der Waals surface area contributed by atoms with Gasteiger partial charge in [-0.05, 0) is 26.3 Å². The quantitative estimate of drug-likeness (QED) is 0.928. The second kappa shape index (κ2) is 6.65. The molecular formula is C19H29N5O. The van der Waals surface area contributed by atoms with Gasteiger partial charge in [0.05, 0.1) is 11.4 Å². The molecule has 3 rings (SSSR count). The molecule has 1 aliphatic rings. The predicted octanol–water partition coefficient (Wildman–Crippen LogP) is 2.52. The standard InChI is InChI=1S/C19H29N5O/c1-13-10-14(2)24(22-13)9-8-18(25)20-15-6-7-17-21-16(19(3,4)5)12-23(17)11-15/h10,12,15H,6-9,11H2,1-5H3,(H,20,25)/t15-/m0/s1. The molecule has 0 fully saturated rings. The molecule has 25 heavy (non-hydrogen) atoms. The van der Waals surface area contributed by atoms with Crippen molar-refractivity contribution in [3.05, 3.63) is 35.2 Å². The number of hydrogen-bond donors (Lipinski definition) is 1. The van der Waals surface area contributed by atoms with Crippen LogP contribution >= 0.6 is 0 Å². The average Bonchev–Trinajstić information content (AvgIpc) is 3.07. The molecule has 1 atom stereocenters. The third kappa shape index (κ3) is 4.11. The highest BCUT2D eigenvalue weighted by molar-refractivity contribution is 5.76. The Kier molecular flexibility index (Phi) is 4.71. The summed E-state index contributed by atoms with van der Waals surface area (Å²) in [5, 5.41) is 7.58. The van der Waals surface area contributed by atoms with Crippen LogP contribution in [0.5, 0.6) is 0 Å². The lowest BCUT2D eigenvalue weighted by Crippen LogP contribution is -2.41. The molecule has 2 aromatic rings. The molecule has 1 aliphatic heterocycles. The summed E-state index contributed by atoms with van der Waals surface area (Å²) in [7, 11) is 0. The summed E-state index contributed by atoms with van der Waals surface area (Å²) < 4.78 is 4.11. The number of carbonyl (C=O) groups excluding carboxylic acids is 1. The molecule has 0 spiro atoms. The maximum atomic E-state index is 12.3. The maximum Gasteiger partial charge on any atom is 0.222 e. The fourth-order valence-electron chi connectivity index (χ4n) is 3.33. The van der Waals surface area contributed by atoms with Crippen molar-refractivity contribution in [2.45, 2.75) is 78.4 Å². The second-order valence-corrected chi connectivity index (χ2v) is 8.15. The summed E-state index contributed by atoms with van der Waals surface area (Å²) in [6.45, 7) is 12.0. The highest BCUT2D eigenvalue weighted by Gasteiger charge is 2.25. The third-order valence-corrected chi connectivity index (χ3v) is 4.78. The molecule has 0 bridgehead atoms. The van der Waals surface area contributed by atoms with Gasteiger partial charge >= 0.3 is 0 Å². The minimum Gasteiger partial charge on any atom is -0.352 e. The topological polar surface area (TPSA) is 64.7 Å². The molecule has 3 heterocycles. The first-order valence-corrected chi connectivity index (χ1v) is 9.09. The fourth-order valence-corrected chi connectivity index (χ4v) is 3.33. The number of nitrogens with zero attached hydrogens (tertiary/aromatic N) is 4. The Labute approximate surface area is 149 Å². The van der Waals surface area contributed by atoms with E-state index >= 15 is 0 Å². The number of hydrogen-bond acceptors (Lipinski definition) is 3. The van der Waals surface area contributed by atoms with E-state index in [1.807, 2.05) is 24.6 Å². The first kappa shape index (κ1) is 17.7. The number of amides is 1. The fraction of sp³-hybridized carbons (Fsp3) is 0.632. The highest BCUT2D eigenvalue weighted by Crippen LogP contribution is 2.24. The smallest absolute Gasteiger partial charge is 0.222 e. The van der Waals surface area contributed by atoms with Crippen LogP contribution in [0.4, 0.5) is 0 Å². The van der Waals surface area contributed by atoms with Gasteiger partial charge in [0.1, 0.15) is 5.82 Å². The van der Waals surface area contributed by atoms with Crippen LogP contribution in [0.15, 0.2) is 12.3 Å².